The minimum absolute atomic E-state index is 0.502. The lowest BCUT2D eigenvalue weighted by molar-refractivity contribution is 0.174. The molecule has 0 fully saturated rings. The molecule has 1 atom stereocenters. The van der Waals surface area contributed by atoms with Crippen LogP contribution in [0.15, 0.2) is 46.9 Å². The zero-order valence-corrected chi connectivity index (χ0v) is 13.6. The molecule has 3 rings (SSSR count). The van der Waals surface area contributed by atoms with Crippen molar-refractivity contribution in [1.29, 1.82) is 0 Å². The van der Waals surface area contributed by atoms with Crippen LogP contribution >= 0.6 is 15.9 Å². The Morgan fingerprint density at radius 3 is 2.71 bits per heavy atom. The molecule has 3 nitrogen and oxygen atoms in total. The number of aliphatic hydroxyl groups is 1. The minimum atomic E-state index is -0.557. The van der Waals surface area contributed by atoms with Crippen LogP contribution in [0.5, 0.6) is 0 Å². The molecule has 0 aliphatic heterocycles. The van der Waals surface area contributed by atoms with Gasteiger partial charge < -0.3 is 9.67 Å². The largest absolute Gasteiger partial charge is 0.388 e. The molecule has 4 heteroatoms. The predicted octanol–water partition coefficient (Wildman–Crippen LogP) is 3.92. The van der Waals surface area contributed by atoms with Crippen molar-refractivity contribution in [2.45, 2.75) is 19.4 Å². The first-order chi connectivity index (χ1) is 10.1. The molecule has 1 aromatic heterocycles. The average molecular weight is 345 g/mol. The number of hydrogen-bond acceptors (Lipinski definition) is 2. The van der Waals surface area contributed by atoms with Gasteiger partial charge in [0.2, 0.25) is 0 Å². The van der Waals surface area contributed by atoms with Crippen LogP contribution in [0.25, 0.3) is 11.0 Å². The number of benzene rings is 2. The summed E-state index contributed by atoms with van der Waals surface area (Å²) in [5, 5.41) is 10.6. The number of aryl methyl sites for hydroxylation is 1. The predicted molar refractivity (Wildman–Crippen MR) is 88.3 cm³/mol. The highest BCUT2D eigenvalue weighted by atomic mass is 79.9. The zero-order valence-electron chi connectivity index (χ0n) is 12.0. The first-order valence-corrected chi connectivity index (χ1v) is 7.70. The van der Waals surface area contributed by atoms with Crippen molar-refractivity contribution in [3.63, 3.8) is 0 Å². The summed E-state index contributed by atoms with van der Waals surface area (Å²) in [5.41, 5.74) is 4.07. The Labute approximate surface area is 132 Å². The van der Waals surface area contributed by atoms with Gasteiger partial charge in [-0.15, -0.1) is 0 Å². The summed E-state index contributed by atoms with van der Waals surface area (Å²) in [4.78, 5) is 4.62. The fourth-order valence-corrected chi connectivity index (χ4v) is 3.03. The van der Waals surface area contributed by atoms with E-state index in [1.807, 2.05) is 61.0 Å². The number of fused-ring (bicyclic) bond motifs is 1. The Morgan fingerprint density at radius 2 is 1.95 bits per heavy atom. The molecule has 1 unspecified atom stereocenters. The lowest BCUT2D eigenvalue weighted by atomic mass is 10.0. The Kier molecular flexibility index (Phi) is 3.83. The number of para-hydroxylation sites is 2. The van der Waals surface area contributed by atoms with E-state index in [1.54, 1.807) is 0 Å². The maximum absolute atomic E-state index is 10.6. The summed E-state index contributed by atoms with van der Waals surface area (Å²) in [7, 11) is 1.99. The number of rotatable bonds is 3. The van der Waals surface area contributed by atoms with Crippen molar-refractivity contribution in [1.82, 2.24) is 9.55 Å². The SMILES string of the molecule is Cc1c(Br)cccc1C(O)Cc1nc2ccccc2n1C. The van der Waals surface area contributed by atoms with Crippen LogP contribution in [-0.4, -0.2) is 14.7 Å². The van der Waals surface area contributed by atoms with Gasteiger partial charge in [0.15, 0.2) is 0 Å². The highest BCUT2D eigenvalue weighted by Gasteiger charge is 2.16. The third-order valence-electron chi connectivity index (χ3n) is 3.92. The number of imidazole rings is 1. The van der Waals surface area contributed by atoms with E-state index in [1.165, 1.54) is 0 Å². The van der Waals surface area contributed by atoms with E-state index in [-0.39, 0.29) is 0 Å². The fraction of sp³-hybridized carbons (Fsp3) is 0.235. The summed E-state index contributed by atoms with van der Waals surface area (Å²) < 4.78 is 3.07. The van der Waals surface area contributed by atoms with E-state index in [4.69, 9.17) is 0 Å². The van der Waals surface area contributed by atoms with E-state index >= 15 is 0 Å². The van der Waals surface area contributed by atoms with Gasteiger partial charge in [0.25, 0.3) is 0 Å². The number of hydrogen-bond donors (Lipinski definition) is 1. The maximum Gasteiger partial charge on any atom is 0.112 e. The summed E-state index contributed by atoms with van der Waals surface area (Å²) in [6, 6.07) is 13.9. The molecule has 0 spiro atoms. The number of aliphatic hydroxyl groups excluding tert-OH is 1. The highest BCUT2D eigenvalue weighted by Crippen LogP contribution is 2.27. The molecular formula is C17H17BrN2O. The molecule has 0 saturated heterocycles. The van der Waals surface area contributed by atoms with Crippen LogP contribution < -0.4 is 0 Å². The van der Waals surface area contributed by atoms with Crippen LogP contribution in [0.2, 0.25) is 0 Å². The van der Waals surface area contributed by atoms with Crippen molar-refractivity contribution in [3.8, 4) is 0 Å². The number of nitrogens with zero attached hydrogens (tertiary/aromatic N) is 2. The van der Waals surface area contributed by atoms with Crippen LogP contribution in [-0.2, 0) is 13.5 Å². The normalized spacial score (nSPS) is 12.8. The van der Waals surface area contributed by atoms with Gasteiger partial charge in [-0.05, 0) is 36.2 Å². The first kappa shape index (κ1) is 14.3. The molecule has 3 aromatic rings. The Balaban J connectivity index is 1.94. The molecule has 0 saturated carbocycles. The summed E-state index contributed by atoms with van der Waals surface area (Å²) >= 11 is 3.51. The van der Waals surface area contributed by atoms with Gasteiger partial charge in [-0.25, -0.2) is 4.98 Å². The van der Waals surface area contributed by atoms with Gasteiger partial charge in [0.1, 0.15) is 5.82 Å². The van der Waals surface area contributed by atoms with Gasteiger partial charge in [0.05, 0.1) is 17.1 Å². The zero-order chi connectivity index (χ0) is 15.0. The second kappa shape index (κ2) is 5.62. The van der Waals surface area contributed by atoms with Crippen molar-refractivity contribution in [3.05, 3.63) is 63.9 Å². The van der Waals surface area contributed by atoms with E-state index < -0.39 is 6.10 Å². The number of aromatic nitrogens is 2. The molecular weight excluding hydrogens is 328 g/mol. The maximum atomic E-state index is 10.6. The third kappa shape index (κ3) is 2.61. The standard InChI is InChI=1S/C17H17BrN2O/c1-11-12(6-5-7-13(11)18)16(21)10-17-19-14-8-3-4-9-15(14)20(17)2/h3-9,16,21H,10H2,1-2H3. The van der Waals surface area contributed by atoms with Gasteiger partial charge >= 0.3 is 0 Å². The van der Waals surface area contributed by atoms with Crippen LogP contribution in [0.3, 0.4) is 0 Å². The van der Waals surface area contributed by atoms with Crippen molar-refractivity contribution in [2.24, 2.45) is 7.05 Å². The van der Waals surface area contributed by atoms with E-state index in [0.717, 1.165) is 32.5 Å². The lowest BCUT2D eigenvalue weighted by Gasteiger charge is -2.14. The smallest absolute Gasteiger partial charge is 0.112 e. The molecule has 0 bridgehead atoms. The lowest BCUT2D eigenvalue weighted by Crippen LogP contribution is -2.08. The van der Waals surface area contributed by atoms with Gasteiger partial charge in [-0.3, -0.25) is 0 Å². The molecule has 2 aromatic carbocycles. The van der Waals surface area contributed by atoms with E-state index in [9.17, 15) is 5.11 Å². The molecule has 0 amide bonds. The van der Waals surface area contributed by atoms with Gasteiger partial charge in [0, 0.05) is 17.9 Å². The van der Waals surface area contributed by atoms with E-state index in [2.05, 4.69) is 20.9 Å². The summed E-state index contributed by atoms with van der Waals surface area (Å²) in [6.45, 7) is 2.01. The Hall–Kier alpha value is -1.65. The van der Waals surface area contributed by atoms with Crippen molar-refractivity contribution >= 4 is 27.0 Å². The molecule has 0 aliphatic carbocycles. The number of halogens is 1. The molecule has 108 valence electrons. The van der Waals surface area contributed by atoms with Crippen LogP contribution in [0.4, 0.5) is 0 Å². The molecule has 0 aliphatic rings. The Morgan fingerprint density at radius 1 is 1.19 bits per heavy atom. The topological polar surface area (TPSA) is 38.1 Å². The van der Waals surface area contributed by atoms with Crippen molar-refractivity contribution < 1.29 is 5.11 Å². The summed E-state index contributed by atoms with van der Waals surface area (Å²) in [6.07, 6.45) is -0.0549. The van der Waals surface area contributed by atoms with E-state index in [0.29, 0.717) is 6.42 Å². The third-order valence-corrected chi connectivity index (χ3v) is 4.78. The monoisotopic (exact) mass is 344 g/mol. The second-order valence-electron chi connectivity index (χ2n) is 5.25. The van der Waals surface area contributed by atoms with Crippen molar-refractivity contribution in [2.75, 3.05) is 0 Å². The first-order valence-electron chi connectivity index (χ1n) is 6.91. The van der Waals surface area contributed by atoms with Crippen LogP contribution in [0, 0.1) is 6.92 Å². The van der Waals surface area contributed by atoms with Gasteiger partial charge in [-0.2, -0.15) is 0 Å². The van der Waals surface area contributed by atoms with Crippen LogP contribution in [0.1, 0.15) is 23.1 Å². The quantitative estimate of drug-likeness (QED) is 0.781. The summed E-state index contributed by atoms with van der Waals surface area (Å²) in [5.74, 6) is 0.892. The molecule has 1 N–H and O–H groups in total. The molecule has 21 heavy (non-hydrogen) atoms. The van der Waals surface area contributed by atoms with Gasteiger partial charge in [-0.1, -0.05) is 40.2 Å². The molecule has 1 heterocycles. The fourth-order valence-electron chi connectivity index (χ4n) is 2.65. The second-order valence-corrected chi connectivity index (χ2v) is 6.10. The average Bonchev–Trinajstić information content (AvgIpc) is 2.79. The molecule has 0 radical (unpaired) electrons. The highest BCUT2D eigenvalue weighted by molar-refractivity contribution is 9.10. The Bertz CT molecular complexity index is 795. The minimum Gasteiger partial charge on any atom is -0.388 e.